The molecule has 0 spiro atoms. The van der Waals surface area contributed by atoms with E-state index in [4.69, 9.17) is 4.98 Å². The molecule has 1 heteroatoms. The lowest BCUT2D eigenvalue weighted by Crippen LogP contribution is -2.00. The second-order valence-electron chi connectivity index (χ2n) is 11.5. The summed E-state index contributed by atoms with van der Waals surface area (Å²) in [6.45, 7) is 0. The molecule has 1 nitrogen and oxygen atoms in total. The maximum atomic E-state index is 5.10. The lowest BCUT2D eigenvalue weighted by molar-refractivity contribution is 1.41. The monoisotopic (exact) mass is 557 g/mol. The van der Waals surface area contributed by atoms with Crippen molar-refractivity contribution in [3.05, 3.63) is 164 Å². The van der Waals surface area contributed by atoms with E-state index in [0.29, 0.717) is 0 Å². The quantitative estimate of drug-likeness (QED) is 0.193. The molecule has 0 saturated heterocycles. The Kier molecular flexibility index (Phi) is 5.57. The first-order valence-corrected chi connectivity index (χ1v) is 15.1. The first-order valence-electron chi connectivity index (χ1n) is 15.1. The maximum absolute atomic E-state index is 5.10. The normalized spacial score (nSPS) is 11.6. The minimum Gasteiger partial charge on any atom is -0.256 e. The molecule has 1 aliphatic carbocycles. The van der Waals surface area contributed by atoms with Gasteiger partial charge in [0.1, 0.15) is 0 Å². The fraction of sp³-hybridized carbons (Fsp3) is 0. The standard InChI is InChI=1S/C43H27N/c1-3-12-28(13-4-1)30-21-23-34-35-24-22-31(29-14-5-2-6-15-29)27-40(35)42-41(37-19-10-8-17-33(37)39(34)26-30)36-18-9-7-16-32(36)38-20-11-25-44-43(38)42/h1-27H. The Morgan fingerprint density at radius 1 is 0.295 bits per heavy atom. The van der Waals surface area contributed by atoms with E-state index in [0.717, 1.165) is 5.52 Å². The number of rotatable bonds is 2. The Labute approximate surface area is 256 Å². The Bertz CT molecular complexity index is 2370. The largest absolute Gasteiger partial charge is 0.256 e. The second-order valence-corrected chi connectivity index (χ2v) is 11.5. The predicted octanol–water partition coefficient (Wildman–Crippen LogP) is 11.7. The number of hydrogen-bond donors (Lipinski definition) is 0. The van der Waals surface area contributed by atoms with Crippen molar-refractivity contribution in [2.75, 3.05) is 0 Å². The smallest absolute Gasteiger partial charge is 0.0793 e. The molecule has 8 aromatic rings. The number of benzene rings is 7. The molecule has 1 heterocycles. The van der Waals surface area contributed by atoms with Crippen molar-refractivity contribution in [3.63, 3.8) is 0 Å². The summed E-state index contributed by atoms with van der Waals surface area (Å²) in [5.41, 5.74) is 15.7. The van der Waals surface area contributed by atoms with E-state index in [1.54, 1.807) is 0 Å². The molecule has 1 aliphatic rings. The predicted molar refractivity (Wildman–Crippen MR) is 185 cm³/mol. The molecular formula is C43H27N. The zero-order valence-corrected chi connectivity index (χ0v) is 24.0. The number of pyridine rings is 1. The highest BCUT2D eigenvalue weighted by Gasteiger charge is 2.27. The first-order chi connectivity index (χ1) is 21.8. The van der Waals surface area contributed by atoms with Gasteiger partial charge in [-0.2, -0.15) is 0 Å². The lowest BCUT2D eigenvalue weighted by atomic mass is 9.77. The second kappa shape index (κ2) is 9.90. The van der Waals surface area contributed by atoms with Gasteiger partial charge in [-0.3, -0.25) is 4.98 Å². The molecular weight excluding hydrogens is 530 g/mol. The summed E-state index contributed by atoms with van der Waals surface area (Å²) in [7, 11) is 0. The van der Waals surface area contributed by atoms with Crippen LogP contribution in [-0.4, -0.2) is 4.98 Å². The number of aromatic nitrogens is 1. The summed E-state index contributed by atoms with van der Waals surface area (Å²) in [6, 6.07) is 57.3. The summed E-state index contributed by atoms with van der Waals surface area (Å²) in [4.78, 5) is 5.10. The molecule has 0 fully saturated rings. The zero-order valence-electron chi connectivity index (χ0n) is 24.0. The summed E-state index contributed by atoms with van der Waals surface area (Å²) in [6.07, 6.45) is 1.93. The molecule has 44 heavy (non-hydrogen) atoms. The average molecular weight is 558 g/mol. The van der Waals surface area contributed by atoms with Gasteiger partial charge >= 0.3 is 0 Å². The van der Waals surface area contributed by atoms with Crippen LogP contribution in [0.3, 0.4) is 0 Å². The number of nitrogens with zero attached hydrogens (tertiary/aromatic N) is 1. The molecule has 0 amide bonds. The molecule has 0 saturated carbocycles. The van der Waals surface area contributed by atoms with Crippen molar-refractivity contribution < 1.29 is 0 Å². The molecule has 9 rings (SSSR count). The zero-order chi connectivity index (χ0) is 29.0. The van der Waals surface area contributed by atoms with Crippen LogP contribution in [0, 0.1) is 0 Å². The molecule has 0 N–H and O–H groups in total. The SMILES string of the molecule is c1ccc(-c2ccc3c(c2)-c2ccccc2-c2c(c4ncccc4c4ccccc24)-c2cc(-c4ccccc4)ccc2-3)cc1. The average Bonchev–Trinajstić information content (AvgIpc) is 3.11. The van der Waals surface area contributed by atoms with Gasteiger partial charge < -0.3 is 0 Å². The van der Waals surface area contributed by atoms with E-state index >= 15 is 0 Å². The van der Waals surface area contributed by atoms with Crippen molar-refractivity contribution >= 4 is 21.7 Å². The van der Waals surface area contributed by atoms with E-state index in [9.17, 15) is 0 Å². The van der Waals surface area contributed by atoms with Gasteiger partial charge in [0.15, 0.2) is 0 Å². The molecule has 1 aromatic heterocycles. The van der Waals surface area contributed by atoms with Crippen molar-refractivity contribution in [3.8, 4) is 66.8 Å². The molecule has 7 aromatic carbocycles. The maximum Gasteiger partial charge on any atom is 0.0793 e. The highest BCUT2D eigenvalue weighted by molar-refractivity contribution is 6.23. The van der Waals surface area contributed by atoms with Crippen LogP contribution < -0.4 is 0 Å². The first kappa shape index (κ1) is 24.8. The van der Waals surface area contributed by atoms with Crippen LogP contribution in [-0.2, 0) is 0 Å². The van der Waals surface area contributed by atoms with Crippen LogP contribution in [0.4, 0.5) is 0 Å². The van der Waals surface area contributed by atoms with Gasteiger partial charge in [-0.05, 0) is 84.6 Å². The van der Waals surface area contributed by atoms with Crippen LogP contribution in [0.25, 0.3) is 88.4 Å². The van der Waals surface area contributed by atoms with Gasteiger partial charge in [0.2, 0.25) is 0 Å². The molecule has 0 unspecified atom stereocenters. The molecule has 204 valence electrons. The third-order valence-electron chi connectivity index (χ3n) is 9.08. The van der Waals surface area contributed by atoms with Crippen molar-refractivity contribution in [2.45, 2.75) is 0 Å². The van der Waals surface area contributed by atoms with E-state index in [1.807, 2.05) is 6.20 Å². The van der Waals surface area contributed by atoms with Crippen LogP contribution >= 0.6 is 0 Å². The van der Waals surface area contributed by atoms with Crippen LogP contribution in [0.1, 0.15) is 0 Å². The van der Waals surface area contributed by atoms with E-state index in [-0.39, 0.29) is 0 Å². The van der Waals surface area contributed by atoms with Gasteiger partial charge in [0, 0.05) is 22.7 Å². The van der Waals surface area contributed by atoms with E-state index in [1.165, 1.54) is 82.9 Å². The Balaban J connectivity index is 1.48. The van der Waals surface area contributed by atoms with Crippen LogP contribution in [0.2, 0.25) is 0 Å². The van der Waals surface area contributed by atoms with Crippen LogP contribution in [0.5, 0.6) is 0 Å². The lowest BCUT2D eigenvalue weighted by Gasteiger charge is -2.26. The van der Waals surface area contributed by atoms with Gasteiger partial charge in [0.05, 0.1) is 5.52 Å². The molecule has 0 radical (unpaired) electrons. The Morgan fingerprint density at radius 2 is 0.818 bits per heavy atom. The van der Waals surface area contributed by atoms with Gasteiger partial charge in [-0.15, -0.1) is 0 Å². The summed E-state index contributed by atoms with van der Waals surface area (Å²) in [5.74, 6) is 0. The number of hydrogen-bond acceptors (Lipinski definition) is 1. The number of fused-ring (bicyclic) bond motifs is 13. The van der Waals surface area contributed by atoms with Crippen LogP contribution in [0.15, 0.2) is 164 Å². The molecule has 0 bridgehead atoms. The highest BCUT2D eigenvalue weighted by Crippen LogP contribution is 2.53. The Hall–Kier alpha value is -5.79. The summed E-state index contributed by atoms with van der Waals surface area (Å²) in [5, 5.41) is 3.65. The van der Waals surface area contributed by atoms with Crippen molar-refractivity contribution in [1.29, 1.82) is 0 Å². The minimum absolute atomic E-state index is 1.03. The minimum atomic E-state index is 1.03. The summed E-state index contributed by atoms with van der Waals surface area (Å²) < 4.78 is 0. The third-order valence-corrected chi connectivity index (χ3v) is 9.08. The van der Waals surface area contributed by atoms with Crippen molar-refractivity contribution in [2.24, 2.45) is 0 Å². The molecule has 0 atom stereocenters. The molecule has 0 aliphatic heterocycles. The van der Waals surface area contributed by atoms with Gasteiger partial charge in [-0.25, -0.2) is 0 Å². The fourth-order valence-electron chi connectivity index (χ4n) is 7.10. The topological polar surface area (TPSA) is 12.9 Å². The Morgan fingerprint density at radius 3 is 1.52 bits per heavy atom. The fourth-order valence-corrected chi connectivity index (χ4v) is 7.10. The third kappa shape index (κ3) is 3.76. The van der Waals surface area contributed by atoms with Gasteiger partial charge in [-0.1, -0.05) is 140 Å². The summed E-state index contributed by atoms with van der Waals surface area (Å²) >= 11 is 0. The van der Waals surface area contributed by atoms with Gasteiger partial charge in [0.25, 0.3) is 0 Å². The highest BCUT2D eigenvalue weighted by atomic mass is 14.7. The van der Waals surface area contributed by atoms with E-state index in [2.05, 4.69) is 158 Å². The van der Waals surface area contributed by atoms with E-state index < -0.39 is 0 Å². The van der Waals surface area contributed by atoms with Crippen molar-refractivity contribution in [1.82, 2.24) is 4.98 Å².